The van der Waals surface area contributed by atoms with Gasteiger partial charge >= 0.3 is 0 Å². The van der Waals surface area contributed by atoms with E-state index in [1.807, 2.05) is 23.1 Å². The zero-order chi connectivity index (χ0) is 21.4. The van der Waals surface area contributed by atoms with Gasteiger partial charge in [-0.2, -0.15) is 10.2 Å². The molecule has 0 amide bonds. The van der Waals surface area contributed by atoms with Crippen molar-refractivity contribution in [3.63, 3.8) is 0 Å². The number of halogens is 1. The first-order chi connectivity index (χ1) is 15.6. The van der Waals surface area contributed by atoms with Gasteiger partial charge in [0, 0.05) is 31.6 Å². The molecule has 0 aromatic carbocycles. The summed E-state index contributed by atoms with van der Waals surface area (Å²) in [4.78, 5) is 9.49. The van der Waals surface area contributed by atoms with E-state index in [1.165, 1.54) is 19.3 Å². The monoisotopic (exact) mass is 455 g/mol. The number of hydrogen-bond acceptors (Lipinski definition) is 7. The fraction of sp³-hybridized carbons (Fsp3) is 0.591. The highest BCUT2D eigenvalue weighted by Gasteiger charge is 2.58. The average Bonchev–Trinajstić information content (AvgIpc) is 3.45. The molecule has 0 spiro atoms. The van der Waals surface area contributed by atoms with Gasteiger partial charge in [0.05, 0.1) is 54.5 Å². The number of piperazine rings is 1. The van der Waals surface area contributed by atoms with Crippen LogP contribution >= 0.6 is 11.6 Å². The fourth-order valence-corrected chi connectivity index (χ4v) is 6.15. The third-order valence-corrected chi connectivity index (χ3v) is 8.17. The molecule has 0 unspecified atom stereocenters. The lowest BCUT2D eigenvalue weighted by atomic mass is 9.50. The van der Waals surface area contributed by atoms with E-state index in [-0.39, 0.29) is 11.6 Å². The Bertz CT molecular complexity index is 1170. The third-order valence-electron chi connectivity index (χ3n) is 7.89. The van der Waals surface area contributed by atoms with Crippen molar-refractivity contribution in [2.75, 3.05) is 44.3 Å². The smallest absolute Gasteiger partial charge is 0.165 e. The van der Waals surface area contributed by atoms with Crippen LogP contribution < -0.4 is 4.90 Å². The Balaban J connectivity index is 1.15. The maximum Gasteiger partial charge on any atom is 0.165 e. The summed E-state index contributed by atoms with van der Waals surface area (Å²) >= 11 is 6.64. The molecule has 2 saturated heterocycles. The molecule has 2 atom stereocenters. The van der Waals surface area contributed by atoms with Crippen molar-refractivity contribution in [1.82, 2.24) is 29.4 Å². The number of anilines is 1. The first-order valence-electron chi connectivity index (χ1n) is 11.4. The highest BCUT2D eigenvalue weighted by atomic mass is 35.5. The van der Waals surface area contributed by atoms with Crippen molar-refractivity contribution < 1.29 is 9.84 Å². The summed E-state index contributed by atoms with van der Waals surface area (Å²) in [7, 11) is 0. The molecule has 9 nitrogen and oxygen atoms in total. The minimum absolute atomic E-state index is 0.0853. The van der Waals surface area contributed by atoms with E-state index in [0.29, 0.717) is 18.2 Å². The molecule has 3 aliphatic carbocycles. The molecule has 1 N–H and O–H groups in total. The van der Waals surface area contributed by atoms with E-state index in [9.17, 15) is 5.11 Å². The number of aromatic nitrogens is 5. The number of hydrogen-bond donors (Lipinski definition) is 1. The van der Waals surface area contributed by atoms with Gasteiger partial charge in [-0.3, -0.25) is 9.58 Å². The van der Waals surface area contributed by atoms with Crippen molar-refractivity contribution in [3.8, 4) is 5.69 Å². The van der Waals surface area contributed by atoms with Crippen LogP contribution in [0.5, 0.6) is 0 Å². The number of nitrogens with zero attached hydrogens (tertiary/aromatic N) is 7. The largest absolute Gasteiger partial charge is 0.389 e. The zero-order valence-electron chi connectivity index (χ0n) is 17.8. The summed E-state index contributed by atoms with van der Waals surface area (Å²) in [5.41, 5.74) is 1.99. The number of pyridine rings is 1. The molecular weight excluding hydrogens is 430 g/mol. The van der Waals surface area contributed by atoms with E-state index >= 15 is 0 Å². The molecule has 5 aliphatic rings. The number of ether oxygens (including phenoxy) is 1. The predicted molar refractivity (Wildman–Crippen MR) is 119 cm³/mol. The first kappa shape index (κ1) is 19.3. The highest BCUT2D eigenvalue weighted by Crippen LogP contribution is 2.62. The van der Waals surface area contributed by atoms with Crippen LogP contribution in [0.2, 0.25) is 5.02 Å². The van der Waals surface area contributed by atoms with Crippen LogP contribution in [0.25, 0.3) is 16.7 Å². The van der Waals surface area contributed by atoms with E-state index in [0.717, 1.165) is 54.6 Å². The Kier molecular flexibility index (Phi) is 4.16. The Morgan fingerprint density at radius 3 is 2.56 bits per heavy atom. The van der Waals surface area contributed by atoms with Gasteiger partial charge in [-0.1, -0.05) is 11.6 Å². The Labute approximate surface area is 190 Å². The van der Waals surface area contributed by atoms with Gasteiger partial charge in [0.2, 0.25) is 0 Å². The molecule has 3 saturated carbocycles. The van der Waals surface area contributed by atoms with Crippen molar-refractivity contribution in [2.24, 2.45) is 5.92 Å². The minimum atomic E-state index is -0.403. The molecule has 10 heteroatoms. The maximum absolute atomic E-state index is 10.1. The van der Waals surface area contributed by atoms with E-state index < -0.39 is 6.10 Å². The summed E-state index contributed by atoms with van der Waals surface area (Å²) in [5, 5.41) is 20.9. The molecule has 3 aromatic rings. The second kappa shape index (κ2) is 6.90. The summed E-state index contributed by atoms with van der Waals surface area (Å²) in [5.74, 6) is 1.69. The summed E-state index contributed by atoms with van der Waals surface area (Å²) in [6.07, 6.45) is 9.16. The molecule has 5 heterocycles. The zero-order valence-corrected chi connectivity index (χ0v) is 18.5. The quantitative estimate of drug-likeness (QED) is 0.640. The third kappa shape index (κ3) is 2.78. The molecule has 2 bridgehead atoms. The predicted octanol–water partition coefficient (Wildman–Crippen LogP) is 1.66. The van der Waals surface area contributed by atoms with E-state index in [1.54, 1.807) is 0 Å². The van der Waals surface area contributed by atoms with Crippen molar-refractivity contribution in [1.29, 1.82) is 0 Å². The fourth-order valence-electron chi connectivity index (χ4n) is 5.88. The molecule has 3 aromatic heterocycles. The van der Waals surface area contributed by atoms with Gasteiger partial charge in [0.1, 0.15) is 11.5 Å². The SMILES string of the molecule is O[C@H]1COC[C@H]1N1CCN(c2nc3c(cnn3-c3cnn(C45CC(C4)C5)c3)cc2Cl)CC1. The number of aliphatic hydroxyl groups excluding tert-OH is 1. The molecule has 168 valence electrons. The van der Waals surface area contributed by atoms with Crippen LogP contribution in [0.4, 0.5) is 5.82 Å². The second-order valence-corrected chi connectivity index (χ2v) is 10.2. The van der Waals surface area contributed by atoms with Crippen LogP contribution in [0.3, 0.4) is 0 Å². The van der Waals surface area contributed by atoms with E-state index in [4.69, 9.17) is 21.3 Å². The van der Waals surface area contributed by atoms with Crippen LogP contribution in [-0.2, 0) is 10.3 Å². The van der Waals surface area contributed by atoms with Crippen molar-refractivity contribution >= 4 is 28.5 Å². The minimum Gasteiger partial charge on any atom is -0.389 e. The van der Waals surface area contributed by atoms with Gasteiger partial charge < -0.3 is 14.7 Å². The lowest BCUT2D eigenvalue weighted by Gasteiger charge is -2.61. The van der Waals surface area contributed by atoms with Gasteiger partial charge in [0.25, 0.3) is 0 Å². The van der Waals surface area contributed by atoms with Crippen LogP contribution in [0.1, 0.15) is 19.3 Å². The van der Waals surface area contributed by atoms with Gasteiger partial charge in [0.15, 0.2) is 5.65 Å². The van der Waals surface area contributed by atoms with Gasteiger partial charge in [-0.25, -0.2) is 9.67 Å². The normalized spacial score (nSPS) is 32.3. The van der Waals surface area contributed by atoms with E-state index in [2.05, 4.69) is 30.9 Å². The lowest BCUT2D eigenvalue weighted by molar-refractivity contribution is -0.0977. The Morgan fingerprint density at radius 2 is 1.88 bits per heavy atom. The van der Waals surface area contributed by atoms with Crippen LogP contribution in [0, 0.1) is 5.92 Å². The van der Waals surface area contributed by atoms with Crippen molar-refractivity contribution in [3.05, 3.63) is 29.7 Å². The van der Waals surface area contributed by atoms with Crippen LogP contribution in [0.15, 0.2) is 24.7 Å². The van der Waals surface area contributed by atoms with Crippen molar-refractivity contribution in [2.45, 2.75) is 36.9 Å². The molecule has 2 aliphatic heterocycles. The molecule has 32 heavy (non-hydrogen) atoms. The van der Waals surface area contributed by atoms with Gasteiger partial charge in [-0.15, -0.1) is 0 Å². The van der Waals surface area contributed by atoms with Gasteiger partial charge in [-0.05, 0) is 31.2 Å². The summed E-state index contributed by atoms with van der Waals surface area (Å²) < 4.78 is 9.43. The average molecular weight is 456 g/mol. The van der Waals surface area contributed by atoms with Crippen LogP contribution in [-0.4, -0.2) is 86.1 Å². The molecule has 5 fully saturated rings. The number of aliphatic hydroxyl groups is 1. The lowest BCUT2D eigenvalue weighted by Crippen LogP contribution is -2.59. The molecule has 0 radical (unpaired) electrons. The second-order valence-electron chi connectivity index (χ2n) is 9.80. The maximum atomic E-state index is 10.1. The summed E-state index contributed by atoms with van der Waals surface area (Å²) in [6, 6.07) is 2.04. The highest BCUT2D eigenvalue weighted by molar-refractivity contribution is 6.33. The molecular formula is C22H26ClN7O2. The Morgan fingerprint density at radius 1 is 1.06 bits per heavy atom. The number of fused-ring (bicyclic) bond motifs is 1. The standard InChI is InChI=1S/C22H26ClN7O2/c23-17-5-15-9-25-30(16-10-24-29(11-16)22-6-14(7-22)8-22)20(15)26-21(17)28-3-1-27(2-4-28)18-12-32-13-19(18)31/h5,9-11,14,18-19,31H,1-4,6-8,12-13H2/t14?,18-,19+,22?/m1/s1. The summed E-state index contributed by atoms with van der Waals surface area (Å²) in [6.45, 7) is 4.32. The topological polar surface area (TPSA) is 84.5 Å². The molecule has 8 rings (SSSR count). The first-order valence-corrected chi connectivity index (χ1v) is 11.8. The number of rotatable bonds is 4. The Hall–Kier alpha value is -2.20.